The van der Waals surface area contributed by atoms with Gasteiger partial charge in [0, 0.05) is 12.3 Å². The first-order valence-electron chi connectivity index (χ1n) is 5.96. The zero-order valence-electron chi connectivity index (χ0n) is 9.95. The fourth-order valence-corrected chi connectivity index (χ4v) is 4.84. The van der Waals surface area contributed by atoms with E-state index in [-0.39, 0.29) is 0 Å². The first kappa shape index (κ1) is 12.6. The van der Waals surface area contributed by atoms with Crippen LogP contribution < -0.4 is 0 Å². The molecule has 0 aliphatic heterocycles. The molecule has 1 aliphatic rings. The minimum atomic E-state index is -1.85. The molecule has 0 amide bonds. The Balaban J connectivity index is 2.01. The summed E-state index contributed by atoms with van der Waals surface area (Å²) in [6.45, 7) is 4.45. The highest BCUT2D eigenvalue weighted by Crippen LogP contribution is 2.24. The lowest BCUT2D eigenvalue weighted by Gasteiger charge is -2.31. The van der Waals surface area contributed by atoms with Gasteiger partial charge < -0.3 is 4.43 Å². The van der Waals surface area contributed by atoms with E-state index in [0.717, 1.165) is 0 Å². The van der Waals surface area contributed by atoms with Gasteiger partial charge in [0.25, 0.3) is 0 Å². The van der Waals surface area contributed by atoms with E-state index in [2.05, 4.69) is 51.3 Å². The van der Waals surface area contributed by atoms with Crippen molar-refractivity contribution in [1.29, 1.82) is 0 Å². The van der Waals surface area contributed by atoms with Crippen molar-refractivity contribution in [3.63, 3.8) is 0 Å². The summed E-state index contributed by atoms with van der Waals surface area (Å²) in [7, 11) is -1.85. The lowest BCUT2D eigenvalue weighted by Crippen LogP contribution is -2.44. The summed E-state index contributed by atoms with van der Waals surface area (Å²) in [6, 6.07) is 0. The molecule has 1 aliphatic carbocycles. The Morgan fingerprint density at radius 1 is 1.38 bits per heavy atom. The smallest absolute Gasteiger partial charge is 0.316 e. The second-order valence-electron chi connectivity index (χ2n) is 4.93. The molecule has 0 bridgehead atoms. The van der Waals surface area contributed by atoms with E-state index in [1.54, 1.807) is 0 Å². The number of nitrogens with zero attached hydrogens (tertiary/aromatic N) is 2. The molecule has 5 heteroatoms. The number of hydrogen-bond acceptors (Lipinski definition) is 2. The van der Waals surface area contributed by atoms with Gasteiger partial charge in [-0.25, -0.2) is 0 Å². The van der Waals surface area contributed by atoms with Crippen molar-refractivity contribution in [1.82, 2.24) is 9.45 Å². The van der Waals surface area contributed by atoms with Crippen LogP contribution in [0.3, 0.4) is 0 Å². The zero-order valence-corrected chi connectivity index (χ0v) is 13.1. The summed E-state index contributed by atoms with van der Waals surface area (Å²) in [5.74, 6) is 0. The third-order valence-electron chi connectivity index (χ3n) is 3.11. The van der Waals surface area contributed by atoms with Crippen molar-refractivity contribution >= 4 is 31.1 Å². The van der Waals surface area contributed by atoms with E-state index < -0.39 is 8.48 Å². The molecule has 16 heavy (non-hydrogen) atoms. The lowest BCUT2D eigenvalue weighted by atomic mass is 9.98. The number of aromatic nitrogens is 2. The molecule has 0 aromatic carbocycles. The highest BCUT2D eigenvalue weighted by Gasteiger charge is 2.31. The number of rotatable bonds is 3. The molecule has 1 fully saturated rings. The summed E-state index contributed by atoms with van der Waals surface area (Å²) in [4.78, 5) is 0. The van der Waals surface area contributed by atoms with Gasteiger partial charge in [-0.3, -0.25) is 4.35 Å². The fraction of sp³-hybridized carbons (Fsp3) is 0.727. The highest BCUT2D eigenvalue weighted by molar-refractivity contribution is 14.1. The standard InChI is InChI=1S/C11H19IN2OSi/c1-16(2,14-9-10(12)8-13-14)15-11-6-4-3-5-7-11/h8-9,11H,3-7H2,1-2H3. The summed E-state index contributed by atoms with van der Waals surface area (Å²) < 4.78 is 9.56. The largest absolute Gasteiger partial charge is 0.395 e. The molecule has 0 radical (unpaired) electrons. The monoisotopic (exact) mass is 350 g/mol. The summed E-state index contributed by atoms with van der Waals surface area (Å²) >= 11 is 2.29. The van der Waals surface area contributed by atoms with Crippen LogP contribution in [0.4, 0.5) is 0 Å². The topological polar surface area (TPSA) is 27.1 Å². The van der Waals surface area contributed by atoms with Crippen LogP contribution in [0.2, 0.25) is 13.1 Å². The fourth-order valence-electron chi connectivity index (χ4n) is 2.24. The Labute approximate surface area is 112 Å². The number of hydrogen-bond donors (Lipinski definition) is 0. The van der Waals surface area contributed by atoms with Gasteiger partial charge in [0.1, 0.15) is 0 Å². The molecule has 1 heterocycles. The maximum absolute atomic E-state index is 6.31. The molecule has 1 saturated carbocycles. The molecule has 1 aromatic heterocycles. The minimum absolute atomic E-state index is 0.470. The molecule has 0 saturated heterocycles. The van der Waals surface area contributed by atoms with Gasteiger partial charge in [0.05, 0.1) is 9.77 Å². The number of halogens is 1. The van der Waals surface area contributed by atoms with E-state index >= 15 is 0 Å². The van der Waals surface area contributed by atoms with Crippen molar-refractivity contribution in [2.24, 2.45) is 0 Å². The molecule has 0 N–H and O–H groups in total. The van der Waals surface area contributed by atoms with Gasteiger partial charge >= 0.3 is 8.48 Å². The van der Waals surface area contributed by atoms with Gasteiger partial charge in [0.2, 0.25) is 0 Å². The maximum Gasteiger partial charge on any atom is 0.316 e. The van der Waals surface area contributed by atoms with Gasteiger partial charge in [-0.2, -0.15) is 5.10 Å². The van der Waals surface area contributed by atoms with Crippen LogP contribution in [0.5, 0.6) is 0 Å². The van der Waals surface area contributed by atoms with Crippen molar-refractivity contribution < 1.29 is 4.43 Å². The van der Waals surface area contributed by atoms with Crippen molar-refractivity contribution in [3.8, 4) is 0 Å². The highest BCUT2D eigenvalue weighted by atomic mass is 127. The molecule has 0 spiro atoms. The van der Waals surface area contributed by atoms with E-state index in [1.807, 2.05) is 6.20 Å². The average molecular weight is 350 g/mol. The Kier molecular flexibility index (Phi) is 4.07. The minimum Gasteiger partial charge on any atom is -0.395 e. The summed E-state index contributed by atoms with van der Waals surface area (Å²) in [5, 5.41) is 4.40. The van der Waals surface area contributed by atoms with Gasteiger partial charge in [-0.05, 0) is 48.5 Å². The van der Waals surface area contributed by atoms with Crippen LogP contribution in [-0.4, -0.2) is 24.0 Å². The quantitative estimate of drug-likeness (QED) is 0.617. The van der Waals surface area contributed by atoms with Crippen LogP contribution >= 0.6 is 22.6 Å². The lowest BCUT2D eigenvalue weighted by molar-refractivity contribution is 0.141. The van der Waals surface area contributed by atoms with E-state index in [4.69, 9.17) is 4.43 Å². The van der Waals surface area contributed by atoms with E-state index in [9.17, 15) is 0 Å². The Hall–Kier alpha value is 0.117. The first-order chi connectivity index (χ1) is 7.58. The van der Waals surface area contributed by atoms with Crippen LogP contribution in [0.15, 0.2) is 12.4 Å². The summed E-state index contributed by atoms with van der Waals surface area (Å²) in [6.07, 6.45) is 11.0. The maximum atomic E-state index is 6.31. The first-order valence-corrected chi connectivity index (χ1v) is 9.90. The SMILES string of the molecule is C[Si](C)(OC1CCCCC1)n1cc(I)cn1. The zero-order chi connectivity index (χ0) is 11.6. The predicted octanol–water partition coefficient (Wildman–Crippen LogP) is 3.39. The normalized spacial score (nSPS) is 18.9. The molecule has 1 aromatic rings. The Morgan fingerprint density at radius 3 is 2.62 bits per heavy atom. The van der Waals surface area contributed by atoms with Crippen molar-refractivity contribution in [2.75, 3.05) is 0 Å². The molecular weight excluding hydrogens is 331 g/mol. The van der Waals surface area contributed by atoms with Crippen LogP contribution in [0.25, 0.3) is 0 Å². The molecule has 2 rings (SSSR count). The molecular formula is C11H19IN2OSi. The molecule has 90 valence electrons. The van der Waals surface area contributed by atoms with Gasteiger partial charge in [0.15, 0.2) is 0 Å². The van der Waals surface area contributed by atoms with Crippen LogP contribution in [0.1, 0.15) is 32.1 Å². The molecule has 0 atom stereocenters. The second-order valence-corrected chi connectivity index (χ2v) is 9.76. The third kappa shape index (κ3) is 3.07. The third-order valence-corrected chi connectivity index (χ3v) is 5.93. The van der Waals surface area contributed by atoms with Crippen LogP contribution in [0, 0.1) is 3.57 Å². The average Bonchev–Trinajstić information content (AvgIpc) is 2.66. The van der Waals surface area contributed by atoms with E-state index in [0.29, 0.717) is 6.10 Å². The van der Waals surface area contributed by atoms with Crippen LogP contribution in [-0.2, 0) is 4.43 Å². The Morgan fingerprint density at radius 2 is 2.06 bits per heavy atom. The van der Waals surface area contributed by atoms with Crippen molar-refractivity contribution in [3.05, 3.63) is 16.0 Å². The second kappa shape index (κ2) is 5.18. The molecule has 3 nitrogen and oxygen atoms in total. The van der Waals surface area contributed by atoms with Gasteiger partial charge in [-0.15, -0.1) is 0 Å². The van der Waals surface area contributed by atoms with Gasteiger partial charge in [-0.1, -0.05) is 19.3 Å². The predicted molar refractivity (Wildman–Crippen MR) is 75.8 cm³/mol. The van der Waals surface area contributed by atoms with Crippen molar-refractivity contribution in [2.45, 2.75) is 51.3 Å². The summed E-state index contributed by atoms with van der Waals surface area (Å²) in [5.41, 5.74) is 0. The Bertz CT molecular complexity index is 348. The van der Waals surface area contributed by atoms with E-state index in [1.165, 1.54) is 35.7 Å². The molecule has 0 unspecified atom stereocenters.